The van der Waals surface area contributed by atoms with E-state index in [2.05, 4.69) is 0 Å². The third-order valence-electron chi connectivity index (χ3n) is 4.68. The van der Waals surface area contributed by atoms with Crippen molar-refractivity contribution >= 4 is 27.6 Å². The molecule has 1 aliphatic rings. The monoisotopic (exact) mass is 388 g/mol. The Kier molecular flexibility index (Phi) is 5.18. The van der Waals surface area contributed by atoms with Crippen LogP contribution < -0.4 is 4.31 Å². The van der Waals surface area contributed by atoms with Crippen molar-refractivity contribution in [2.24, 2.45) is 0 Å². The molecule has 0 aromatic heterocycles. The second-order valence-corrected chi connectivity index (χ2v) is 8.30. The van der Waals surface area contributed by atoms with Gasteiger partial charge in [-0.1, -0.05) is 18.2 Å². The zero-order valence-corrected chi connectivity index (χ0v) is 15.6. The molecule has 1 atom stereocenters. The van der Waals surface area contributed by atoms with Crippen LogP contribution >= 0.6 is 0 Å². The normalized spacial score (nSPS) is 16.9. The van der Waals surface area contributed by atoms with Gasteiger partial charge in [0, 0.05) is 19.2 Å². The quantitative estimate of drug-likeness (QED) is 0.847. The lowest BCUT2D eigenvalue weighted by Gasteiger charge is -2.22. The van der Waals surface area contributed by atoms with Crippen LogP contribution in [-0.2, 0) is 14.8 Å². The van der Waals surface area contributed by atoms with Gasteiger partial charge in [0.25, 0.3) is 15.9 Å². The molecule has 8 heteroatoms. The molecule has 1 aliphatic heterocycles. The minimum absolute atomic E-state index is 0.0570. The van der Waals surface area contributed by atoms with Crippen LogP contribution in [0.4, 0.5) is 5.69 Å². The number of rotatable bonds is 5. The van der Waals surface area contributed by atoms with Crippen molar-refractivity contribution in [2.45, 2.75) is 23.8 Å². The molecule has 27 heavy (non-hydrogen) atoms. The van der Waals surface area contributed by atoms with Crippen LogP contribution in [0.3, 0.4) is 0 Å². The first kappa shape index (κ1) is 18.9. The van der Waals surface area contributed by atoms with Crippen LogP contribution in [0.2, 0.25) is 0 Å². The van der Waals surface area contributed by atoms with E-state index in [0.717, 1.165) is 0 Å². The fraction of sp³-hybridized carbons (Fsp3) is 0.263. The zero-order chi connectivity index (χ0) is 19.6. The van der Waals surface area contributed by atoms with Crippen molar-refractivity contribution in [3.05, 3.63) is 60.2 Å². The number of likely N-dealkylation sites (tertiary alicyclic amines) is 1. The summed E-state index contributed by atoms with van der Waals surface area (Å²) in [6.45, 7) is 0.382. The van der Waals surface area contributed by atoms with E-state index in [9.17, 15) is 23.1 Å². The maximum atomic E-state index is 12.8. The Morgan fingerprint density at radius 3 is 2.30 bits per heavy atom. The molecule has 0 spiro atoms. The number of nitrogens with zero attached hydrogens (tertiary/aromatic N) is 2. The molecule has 1 unspecified atom stereocenters. The zero-order valence-electron chi connectivity index (χ0n) is 14.8. The van der Waals surface area contributed by atoms with Crippen molar-refractivity contribution in [1.82, 2.24) is 4.90 Å². The number of aliphatic carboxylic acids is 1. The first-order valence-corrected chi connectivity index (χ1v) is 9.94. The Hall–Kier alpha value is -2.87. The van der Waals surface area contributed by atoms with Crippen molar-refractivity contribution in [1.29, 1.82) is 0 Å². The summed E-state index contributed by atoms with van der Waals surface area (Å²) < 4.78 is 26.7. The molecule has 0 radical (unpaired) electrons. The van der Waals surface area contributed by atoms with Crippen molar-refractivity contribution in [3.63, 3.8) is 0 Å². The van der Waals surface area contributed by atoms with Gasteiger partial charge in [0.2, 0.25) is 0 Å². The predicted molar refractivity (Wildman–Crippen MR) is 100 cm³/mol. The number of benzene rings is 2. The summed E-state index contributed by atoms with van der Waals surface area (Å²) in [5.41, 5.74) is 0.795. The van der Waals surface area contributed by atoms with Gasteiger partial charge < -0.3 is 10.0 Å². The van der Waals surface area contributed by atoms with E-state index >= 15 is 0 Å². The number of amides is 1. The van der Waals surface area contributed by atoms with Gasteiger partial charge in [0.15, 0.2) is 0 Å². The molecule has 7 nitrogen and oxygen atoms in total. The summed E-state index contributed by atoms with van der Waals surface area (Å²) in [4.78, 5) is 25.2. The van der Waals surface area contributed by atoms with Crippen LogP contribution in [0.25, 0.3) is 0 Å². The summed E-state index contributed by atoms with van der Waals surface area (Å²) in [7, 11) is -2.30. The largest absolute Gasteiger partial charge is 0.480 e. The number of hydrogen-bond donors (Lipinski definition) is 1. The Balaban J connectivity index is 1.83. The van der Waals surface area contributed by atoms with Gasteiger partial charge in [-0.3, -0.25) is 9.10 Å². The molecule has 2 aromatic rings. The van der Waals surface area contributed by atoms with E-state index in [-0.39, 0.29) is 10.5 Å². The van der Waals surface area contributed by atoms with E-state index in [1.165, 1.54) is 40.5 Å². The van der Waals surface area contributed by atoms with Gasteiger partial charge in [-0.25, -0.2) is 13.2 Å². The summed E-state index contributed by atoms with van der Waals surface area (Å²) >= 11 is 0. The second kappa shape index (κ2) is 7.40. The molecule has 1 fully saturated rings. The number of hydrogen-bond acceptors (Lipinski definition) is 4. The number of para-hydroxylation sites is 1. The first-order valence-electron chi connectivity index (χ1n) is 8.50. The molecule has 0 bridgehead atoms. The van der Waals surface area contributed by atoms with Crippen LogP contribution in [0.1, 0.15) is 23.2 Å². The molecule has 1 amide bonds. The number of anilines is 1. The summed E-state index contributed by atoms with van der Waals surface area (Å²) in [6, 6.07) is 13.4. The molecule has 1 heterocycles. The molecular formula is C19H20N2O5S. The molecule has 1 N–H and O–H groups in total. The summed E-state index contributed by atoms with van der Waals surface area (Å²) in [5.74, 6) is -1.43. The maximum absolute atomic E-state index is 12.8. The Morgan fingerprint density at radius 2 is 1.70 bits per heavy atom. The lowest BCUT2D eigenvalue weighted by atomic mass is 10.1. The Bertz CT molecular complexity index is 942. The van der Waals surface area contributed by atoms with Crippen LogP contribution in [-0.4, -0.2) is 49.9 Å². The van der Waals surface area contributed by atoms with E-state index in [1.807, 2.05) is 0 Å². The molecule has 0 aliphatic carbocycles. The number of carboxylic acid groups (broad SMARTS) is 1. The Morgan fingerprint density at radius 1 is 1.07 bits per heavy atom. The average molecular weight is 388 g/mol. The topological polar surface area (TPSA) is 95.0 Å². The number of carbonyl (C=O) groups excluding carboxylic acids is 1. The third-order valence-corrected chi connectivity index (χ3v) is 6.48. The molecule has 3 rings (SSSR count). The highest BCUT2D eigenvalue weighted by atomic mass is 32.2. The van der Waals surface area contributed by atoms with Crippen LogP contribution in [0.15, 0.2) is 59.5 Å². The predicted octanol–water partition coefficient (Wildman–Crippen LogP) is 2.20. The van der Waals surface area contributed by atoms with Crippen LogP contribution in [0, 0.1) is 0 Å². The number of carbonyl (C=O) groups is 2. The second-order valence-electron chi connectivity index (χ2n) is 6.33. The minimum Gasteiger partial charge on any atom is -0.480 e. The van der Waals surface area contributed by atoms with Crippen molar-refractivity contribution in [3.8, 4) is 0 Å². The third kappa shape index (κ3) is 3.66. The van der Waals surface area contributed by atoms with Gasteiger partial charge in [-0.15, -0.1) is 0 Å². The highest BCUT2D eigenvalue weighted by molar-refractivity contribution is 7.92. The van der Waals surface area contributed by atoms with Gasteiger partial charge >= 0.3 is 5.97 Å². The standard InChI is InChI=1S/C19H20N2O5S/c1-20(15-6-3-2-4-7-15)27(25,26)16-11-9-14(10-12-16)18(22)21-13-5-8-17(21)19(23)24/h2-4,6-7,9-12,17H,5,8,13H2,1H3,(H,23,24). The summed E-state index contributed by atoms with van der Waals surface area (Å²) in [5, 5.41) is 9.22. The van der Waals surface area contributed by atoms with Crippen LogP contribution in [0.5, 0.6) is 0 Å². The lowest BCUT2D eigenvalue weighted by molar-refractivity contribution is -0.141. The minimum atomic E-state index is -3.76. The maximum Gasteiger partial charge on any atom is 0.326 e. The molecule has 2 aromatic carbocycles. The van der Waals surface area contributed by atoms with E-state index in [0.29, 0.717) is 25.1 Å². The fourth-order valence-corrected chi connectivity index (χ4v) is 4.33. The van der Waals surface area contributed by atoms with E-state index < -0.39 is 27.9 Å². The van der Waals surface area contributed by atoms with Gasteiger partial charge in [0.05, 0.1) is 10.6 Å². The van der Waals surface area contributed by atoms with E-state index in [4.69, 9.17) is 0 Å². The molecular weight excluding hydrogens is 368 g/mol. The Labute approximate surface area is 157 Å². The van der Waals surface area contributed by atoms with Gasteiger partial charge in [-0.05, 0) is 49.2 Å². The highest BCUT2D eigenvalue weighted by Crippen LogP contribution is 2.24. The van der Waals surface area contributed by atoms with Crippen molar-refractivity contribution < 1.29 is 23.1 Å². The van der Waals surface area contributed by atoms with E-state index in [1.54, 1.807) is 30.3 Å². The molecule has 1 saturated heterocycles. The first-order chi connectivity index (χ1) is 12.8. The molecule has 0 saturated carbocycles. The SMILES string of the molecule is CN(c1ccccc1)S(=O)(=O)c1ccc(C(=O)N2CCCC2C(=O)O)cc1. The fourth-order valence-electron chi connectivity index (χ4n) is 3.14. The highest BCUT2D eigenvalue weighted by Gasteiger charge is 2.34. The number of carboxylic acids is 1. The lowest BCUT2D eigenvalue weighted by Crippen LogP contribution is -2.40. The smallest absolute Gasteiger partial charge is 0.326 e. The average Bonchev–Trinajstić information content (AvgIpc) is 3.18. The van der Waals surface area contributed by atoms with Gasteiger partial charge in [0.1, 0.15) is 6.04 Å². The summed E-state index contributed by atoms with van der Waals surface area (Å²) in [6.07, 6.45) is 1.06. The van der Waals surface area contributed by atoms with Gasteiger partial charge in [-0.2, -0.15) is 0 Å². The van der Waals surface area contributed by atoms with Crippen molar-refractivity contribution in [2.75, 3.05) is 17.9 Å². The molecule has 142 valence electrons. The number of sulfonamides is 1.